The van der Waals surface area contributed by atoms with Crippen molar-refractivity contribution in [1.29, 1.82) is 0 Å². The van der Waals surface area contributed by atoms with Crippen LogP contribution in [0.2, 0.25) is 0 Å². The van der Waals surface area contributed by atoms with Crippen molar-refractivity contribution in [3.05, 3.63) is 12.3 Å². The lowest BCUT2D eigenvalue weighted by atomic mass is 9.62. The lowest BCUT2D eigenvalue weighted by Gasteiger charge is -2.42. The molecule has 110 valence electrons. The summed E-state index contributed by atoms with van der Waals surface area (Å²) in [7, 11) is 3.91. The lowest BCUT2D eigenvalue weighted by molar-refractivity contribution is -0.123. The highest BCUT2D eigenvalue weighted by Crippen LogP contribution is 2.55. The highest BCUT2D eigenvalue weighted by atomic mass is 16.1. The summed E-state index contributed by atoms with van der Waals surface area (Å²) in [5, 5.41) is 0. The number of hydrogen-bond acceptors (Lipinski definition) is 2. The van der Waals surface area contributed by atoms with Gasteiger partial charge in [-0.15, -0.1) is 0 Å². The average Bonchev–Trinajstić information content (AvgIpc) is 2.65. The third-order valence-corrected chi connectivity index (χ3v) is 5.25. The van der Waals surface area contributed by atoms with Crippen LogP contribution in [0.3, 0.4) is 0 Å². The van der Waals surface area contributed by atoms with Gasteiger partial charge >= 0.3 is 0 Å². The normalized spacial score (nSPS) is 31.6. The van der Waals surface area contributed by atoms with Gasteiger partial charge in [0.2, 0.25) is 0 Å². The molecule has 1 rings (SSSR count). The summed E-state index contributed by atoms with van der Waals surface area (Å²) >= 11 is 0. The van der Waals surface area contributed by atoms with Gasteiger partial charge in [0.1, 0.15) is 0 Å². The zero-order chi connectivity index (χ0) is 14.8. The third kappa shape index (κ3) is 3.21. The number of allylic oxidation sites excluding steroid dienone is 1. The maximum absolute atomic E-state index is 12.5. The molecule has 0 aromatic heterocycles. The van der Waals surface area contributed by atoms with E-state index in [1.165, 1.54) is 6.42 Å². The highest BCUT2D eigenvalue weighted by Gasteiger charge is 2.51. The summed E-state index contributed by atoms with van der Waals surface area (Å²) in [6.07, 6.45) is 5.90. The summed E-state index contributed by atoms with van der Waals surface area (Å²) in [6, 6.07) is 0. The Balaban J connectivity index is 2.98. The quantitative estimate of drug-likeness (QED) is 0.701. The topological polar surface area (TPSA) is 20.3 Å². The Morgan fingerprint density at radius 3 is 2.21 bits per heavy atom. The van der Waals surface area contributed by atoms with E-state index in [1.54, 1.807) is 6.08 Å². The third-order valence-electron chi connectivity index (χ3n) is 5.25. The fourth-order valence-electron chi connectivity index (χ4n) is 3.90. The van der Waals surface area contributed by atoms with Crippen LogP contribution < -0.4 is 0 Å². The van der Waals surface area contributed by atoms with E-state index < -0.39 is 0 Å². The van der Waals surface area contributed by atoms with E-state index in [2.05, 4.69) is 34.6 Å². The van der Waals surface area contributed by atoms with Crippen molar-refractivity contribution in [3.63, 3.8) is 0 Å². The van der Waals surface area contributed by atoms with Crippen LogP contribution in [0, 0.1) is 29.1 Å². The van der Waals surface area contributed by atoms with E-state index in [9.17, 15) is 4.79 Å². The molecule has 0 N–H and O–H groups in total. The molecule has 0 aromatic rings. The van der Waals surface area contributed by atoms with Gasteiger partial charge in [-0.2, -0.15) is 0 Å². The van der Waals surface area contributed by atoms with Crippen LogP contribution in [-0.2, 0) is 4.79 Å². The molecule has 0 heterocycles. The minimum absolute atomic E-state index is 0.141. The fourth-order valence-corrected chi connectivity index (χ4v) is 3.90. The Morgan fingerprint density at radius 1 is 1.21 bits per heavy atom. The summed E-state index contributed by atoms with van der Waals surface area (Å²) in [5.41, 5.74) is 0.141. The average molecular weight is 265 g/mol. The van der Waals surface area contributed by atoms with Crippen molar-refractivity contribution in [3.8, 4) is 0 Å². The van der Waals surface area contributed by atoms with Crippen LogP contribution in [0.15, 0.2) is 12.3 Å². The van der Waals surface area contributed by atoms with Gasteiger partial charge < -0.3 is 4.90 Å². The Morgan fingerprint density at radius 2 is 1.79 bits per heavy atom. The number of carbonyl (C=O) groups excluding carboxylic acids is 1. The van der Waals surface area contributed by atoms with Crippen LogP contribution in [-0.4, -0.2) is 24.8 Å². The lowest BCUT2D eigenvalue weighted by Crippen LogP contribution is -2.39. The zero-order valence-corrected chi connectivity index (χ0v) is 13.7. The SMILES string of the molecule is CC(C)C1CC[C@H](C(=O)/C=C/N(C)C)[C@@]1(C)C(C)C. The molecular weight excluding hydrogens is 234 g/mol. The molecule has 0 amide bonds. The number of nitrogens with zero attached hydrogens (tertiary/aromatic N) is 1. The molecule has 1 aliphatic rings. The van der Waals surface area contributed by atoms with E-state index in [4.69, 9.17) is 0 Å². The number of hydrogen-bond donors (Lipinski definition) is 0. The molecular formula is C17H31NO. The summed E-state index contributed by atoms with van der Waals surface area (Å²) in [6.45, 7) is 11.5. The van der Waals surface area contributed by atoms with Gasteiger partial charge in [-0.05, 0) is 42.1 Å². The smallest absolute Gasteiger partial charge is 0.160 e. The molecule has 3 atom stereocenters. The monoisotopic (exact) mass is 265 g/mol. The standard InChI is InChI=1S/C17H31NO/c1-12(2)14-8-9-15(17(14,5)13(3)4)16(19)10-11-18(6)7/h10-15H,8-9H2,1-7H3/b11-10+/t14?,15-,17+/m1/s1. The molecule has 19 heavy (non-hydrogen) atoms. The van der Waals surface area contributed by atoms with Crippen molar-refractivity contribution >= 4 is 5.78 Å². The van der Waals surface area contributed by atoms with E-state index in [0.29, 0.717) is 23.5 Å². The van der Waals surface area contributed by atoms with Crippen LogP contribution >= 0.6 is 0 Å². The van der Waals surface area contributed by atoms with Gasteiger partial charge in [0, 0.05) is 26.2 Å². The molecule has 0 bridgehead atoms. The van der Waals surface area contributed by atoms with Crippen molar-refractivity contribution in [1.82, 2.24) is 4.90 Å². The maximum Gasteiger partial charge on any atom is 0.160 e. The molecule has 2 heteroatoms. The van der Waals surface area contributed by atoms with E-state index in [-0.39, 0.29) is 11.3 Å². The van der Waals surface area contributed by atoms with Crippen molar-refractivity contribution in [2.45, 2.75) is 47.5 Å². The van der Waals surface area contributed by atoms with Gasteiger partial charge in [-0.25, -0.2) is 0 Å². The Bertz CT molecular complexity index is 343. The molecule has 1 aliphatic carbocycles. The van der Waals surface area contributed by atoms with E-state index >= 15 is 0 Å². The van der Waals surface area contributed by atoms with E-state index in [1.807, 2.05) is 25.2 Å². The van der Waals surface area contributed by atoms with Crippen LogP contribution in [0.25, 0.3) is 0 Å². The van der Waals surface area contributed by atoms with Crippen molar-refractivity contribution in [2.75, 3.05) is 14.1 Å². The van der Waals surface area contributed by atoms with Crippen LogP contribution in [0.4, 0.5) is 0 Å². The second kappa shape index (κ2) is 6.11. The maximum atomic E-state index is 12.5. The largest absolute Gasteiger partial charge is 0.383 e. The summed E-state index contributed by atoms with van der Waals surface area (Å²) < 4.78 is 0. The first-order valence-electron chi connectivity index (χ1n) is 7.59. The minimum atomic E-state index is 0.141. The molecule has 2 nitrogen and oxygen atoms in total. The molecule has 1 unspecified atom stereocenters. The Hall–Kier alpha value is -0.790. The second-order valence-corrected chi connectivity index (χ2v) is 7.18. The van der Waals surface area contributed by atoms with Gasteiger partial charge in [-0.1, -0.05) is 34.6 Å². The molecule has 0 aliphatic heterocycles. The number of ketones is 1. The van der Waals surface area contributed by atoms with Crippen LogP contribution in [0.5, 0.6) is 0 Å². The Kier molecular flexibility index (Phi) is 5.23. The van der Waals surface area contributed by atoms with Crippen molar-refractivity contribution in [2.24, 2.45) is 29.1 Å². The first-order chi connectivity index (χ1) is 8.71. The predicted octanol–water partition coefficient (Wildman–Crippen LogP) is 3.98. The first kappa shape index (κ1) is 16.3. The summed E-state index contributed by atoms with van der Waals surface area (Å²) in [5.74, 6) is 2.37. The second-order valence-electron chi connectivity index (χ2n) is 7.18. The molecule has 0 saturated heterocycles. The van der Waals surface area contributed by atoms with Gasteiger partial charge in [0.05, 0.1) is 0 Å². The van der Waals surface area contributed by atoms with Gasteiger partial charge in [0.15, 0.2) is 5.78 Å². The molecule has 0 radical (unpaired) electrons. The molecule has 0 aromatic carbocycles. The minimum Gasteiger partial charge on any atom is -0.383 e. The summed E-state index contributed by atoms with van der Waals surface area (Å²) in [4.78, 5) is 14.5. The van der Waals surface area contributed by atoms with Crippen molar-refractivity contribution < 1.29 is 4.79 Å². The highest BCUT2D eigenvalue weighted by molar-refractivity contribution is 5.92. The molecule has 0 spiro atoms. The predicted molar refractivity (Wildman–Crippen MR) is 81.8 cm³/mol. The van der Waals surface area contributed by atoms with E-state index in [0.717, 1.165) is 6.42 Å². The first-order valence-corrected chi connectivity index (χ1v) is 7.59. The fraction of sp³-hybridized carbons (Fsp3) is 0.824. The zero-order valence-electron chi connectivity index (χ0n) is 13.7. The van der Waals surface area contributed by atoms with Gasteiger partial charge in [0.25, 0.3) is 0 Å². The number of carbonyl (C=O) groups is 1. The molecule has 1 fully saturated rings. The number of rotatable bonds is 5. The van der Waals surface area contributed by atoms with Gasteiger partial charge in [-0.3, -0.25) is 4.79 Å². The Labute approximate surface area is 119 Å². The van der Waals surface area contributed by atoms with Crippen LogP contribution in [0.1, 0.15) is 47.5 Å². The molecule has 1 saturated carbocycles.